The summed E-state index contributed by atoms with van der Waals surface area (Å²) >= 11 is 0. The van der Waals surface area contributed by atoms with Gasteiger partial charge in [0.1, 0.15) is 0 Å². The van der Waals surface area contributed by atoms with E-state index in [1.54, 1.807) is 0 Å². The molecule has 0 aromatic heterocycles. The third-order valence-corrected chi connectivity index (χ3v) is 2.19. The molecule has 5 nitrogen and oxygen atoms in total. The summed E-state index contributed by atoms with van der Waals surface area (Å²) in [4.78, 5) is 22.0. The first-order chi connectivity index (χ1) is 7.02. The van der Waals surface area contributed by atoms with Gasteiger partial charge in [-0.2, -0.15) is 0 Å². The summed E-state index contributed by atoms with van der Waals surface area (Å²) < 4.78 is 4.69. The van der Waals surface area contributed by atoms with E-state index >= 15 is 0 Å². The number of methoxy groups -OCH3 is 1. The highest BCUT2D eigenvalue weighted by molar-refractivity contribution is 5.79. The summed E-state index contributed by atoms with van der Waals surface area (Å²) in [5, 5.41) is 11.2. The molecule has 0 saturated carbocycles. The van der Waals surface area contributed by atoms with Crippen LogP contribution in [0.5, 0.6) is 0 Å². The first-order valence-electron chi connectivity index (χ1n) is 5.06. The molecule has 0 aliphatic rings. The van der Waals surface area contributed by atoms with Crippen LogP contribution in [0.2, 0.25) is 0 Å². The van der Waals surface area contributed by atoms with Gasteiger partial charge in [-0.05, 0) is 6.42 Å². The third kappa shape index (κ3) is 5.37. The second-order valence-corrected chi connectivity index (χ2v) is 3.50. The van der Waals surface area contributed by atoms with Gasteiger partial charge in [0.25, 0.3) is 0 Å². The molecule has 0 aliphatic carbocycles. The molecule has 0 radical (unpaired) electrons. The van der Waals surface area contributed by atoms with Gasteiger partial charge in [-0.1, -0.05) is 20.3 Å². The molecular formula is C10H19NO4. The Morgan fingerprint density at radius 3 is 2.47 bits per heavy atom. The quantitative estimate of drug-likeness (QED) is 0.656. The van der Waals surface area contributed by atoms with E-state index in [2.05, 4.69) is 10.1 Å². The Balaban J connectivity index is 3.92. The maximum absolute atomic E-state index is 11.4. The molecule has 0 spiro atoms. The molecule has 2 unspecified atom stereocenters. The van der Waals surface area contributed by atoms with Crippen LogP contribution in [0.15, 0.2) is 0 Å². The van der Waals surface area contributed by atoms with Crippen molar-refractivity contribution in [3.8, 4) is 0 Å². The van der Waals surface area contributed by atoms with Crippen molar-refractivity contribution >= 4 is 11.9 Å². The normalized spacial score (nSPS) is 14.3. The molecule has 0 fully saturated rings. The molecule has 1 amide bonds. The highest BCUT2D eigenvalue weighted by Crippen LogP contribution is 2.04. The fourth-order valence-corrected chi connectivity index (χ4v) is 1.20. The number of rotatable bonds is 7. The molecule has 88 valence electrons. The molecule has 15 heavy (non-hydrogen) atoms. The average molecular weight is 217 g/mol. The van der Waals surface area contributed by atoms with Gasteiger partial charge in [-0.25, -0.2) is 4.79 Å². The lowest BCUT2D eigenvalue weighted by molar-refractivity contribution is -0.148. The van der Waals surface area contributed by atoms with Gasteiger partial charge >= 0.3 is 5.97 Å². The van der Waals surface area contributed by atoms with Crippen LogP contribution in [0.25, 0.3) is 0 Å². The minimum Gasteiger partial charge on any atom is -0.479 e. The molecule has 0 rings (SSSR count). The van der Waals surface area contributed by atoms with Gasteiger partial charge < -0.3 is 15.2 Å². The minimum absolute atomic E-state index is 0.0126. The molecule has 2 N–H and O–H groups in total. The van der Waals surface area contributed by atoms with Gasteiger partial charge in [-0.15, -0.1) is 0 Å². The Labute approximate surface area is 89.8 Å². The van der Waals surface area contributed by atoms with Crippen LogP contribution in [0, 0.1) is 5.92 Å². The summed E-state index contributed by atoms with van der Waals surface area (Å²) in [5.74, 6) is -1.28. The van der Waals surface area contributed by atoms with Crippen LogP contribution >= 0.6 is 0 Å². The Kier molecular flexibility index (Phi) is 6.70. The van der Waals surface area contributed by atoms with E-state index in [1.165, 1.54) is 7.11 Å². The van der Waals surface area contributed by atoms with Crippen molar-refractivity contribution in [2.45, 2.75) is 32.8 Å². The molecule has 0 aliphatic heterocycles. The Hall–Kier alpha value is -1.10. The maximum atomic E-state index is 11.4. The number of nitrogens with one attached hydrogen (secondary N) is 1. The van der Waals surface area contributed by atoms with Crippen LogP contribution in [0.1, 0.15) is 26.7 Å². The van der Waals surface area contributed by atoms with E-state index < -0.39 is 12.1 Å². The summed E-state index contributed by atoms with van der Waals surface area (Å²) in [7, 11) is 1.31. The van der Waals surface area contributed by atoms with Crippen molar-refractivity contribution in [1.82, 2.24) is 5.32 Å². The summed E-state index contributed by atoms with van der Waals surface area (Å²) in [6.45, 7) is 3.83. The fraction of sp³-hybridized carbons (Fsp3) is 0.800. The molecule has 0 heterocycles. The SMILES string of the molecule is CCCC(C)C(=O)NCC(OC)C(=O)O. The number of hydrogen-bond acceptors (Lipinski definition) is 3. The zero-order valence-electron chi connectivity index (χ0n) is 9.45. The van der Waals surface area contributed by atoms with E-state index in [0.717, 1.165) is 12.8 Å². The number of carboxylic acid groups (broad SMARTS) is 1. The van der Waals surface area contributed by atoms with E-state index in [-0.39, 0.29) is 18.4 Å². The second-order valence-electron chi connectivity index (χ2n) is 3.50. The molecule has 0 aromatic carbocycles. The summed E-state index contributed by atoms with van der Waals surface area (Å²) in [5.41, 5.74) is 0. The summed E-state index contributed by atoms with van der Waals surface area (Å²) in [6, 6.07) is 0. The first kappa shape index (κ1) is 13.9. The lowest BCUT2D eigenvalue weighted by atomic mass is 10.1. The largest absolute Gasteiger partial charge is 0.479 e. The van der Waals surface area contributed by atoms with Gasteiger partial charge in [-0.3, -0.25) is 4.79 Å². The fourth-order valence-electron chi connectivity index (χ4n) is 1.20. The Bertz CT molecular complexity index is 217. The maximum Gasteiger partial charge on any atom is 0.334 e. The predicted octanol–water partition coefficient (Wildman–Crippen LogP) is 0.638. The van der Waals surface area contributed by atoms with Crippen molar-refractivity contribution in [2.75, 3.05) is 13.7 Å². The minimum atomic E-state index is -1.07. The Morgan fingerprint density at radius 2 is 2.07 bits per heavy atom. The predicted molar refractivity (Wildman–Crippen MR) is 55.5 cm³/mol. The number of carboxylic acids is 1. The standard InChI is InChI=1S/C10H19NO4/c1-4-5-7(2)9(12)11-6-8(15-3)10(13)14/h7-8H,4-6H2,1-3H3,(H,11,12)(H,13,14). The molecule has 0 bridgehead atoms. The van der Waals surface area contributed by atoms with Gasteiger partial charge in [0.05, 0.1) is 6.54 Å². The van der Waals surface area contributed by atoms with Crippen molar-refractivity contribution in [3.05, 3.63) is 0 Å². The summed E-state index contributed by atoms with van der Waals surface area (Å²) in [6.07, 6.45) is 0.764. The van der Waals surface area contributed by atoms with E-state index in [9.17, 15) is 9.59 Å². The molecule has 5 heteroatoms. The van der Waals surface area contributed by atoms with Crippen molar-refractivity contribution in [1.29, 1.82) is 0 Å². The molecular weight excluding hydrogens is 198 g/mol. The number of carbonyl (C=O) groups is 2. The van der Waals surface area contributed by atoms with E-state index in [1.807, 2.05) is 13.8 Å². The lowest BCUT2D eigenvalue weighted by Crippen LogP contribution is -2.39. The van der Waals surface area contributed by atoms with Gasteiger partial charge in [0.15, 0.2) is 6.10 Å². The Morgan fingerprint density at radius 1 is 1.47 bits per heavy atom. The number of hydrogen-bond donors (Lipinski definition) is 2. The third-order valence-electron chi connectivity index (χ3n) is 2.19. The number of ether oxygens (including phenoxy) is 1. The monoisotopic (exact) mass is 217 g/mol. The zero-order chi connectivity index (χ0) is 11.8. The zero-order valence-corrected chi connectivity index (χ0v) is 9.45. The highest BCUT2D eigenvalue weighted by atomic mass is 16.5. The number of aliphatic carboxylic acids is 1. The number of carbonyl (C=O) groups excluding carboxylic acids is 1. The van der Waals surface area contributed by atoms with Crippen LogP contribution < -0.4 is 5.32 Å². The van der Waals surface area contributed by atoms with Gasteiger partial charge in [0, 0.05) is 13.0 Å². The van der Waals surface area contributed by atoms with Crippen molar-refractivity contribution < 1.29 is 19.4 Å². The van der Waals surface area contributed by atoms with Crippen LogP contribution in [-0.2, 0) is 14.3 Å². The van der Waals surface area contributed by atoms with Crippen LogP contribution in [0.4, 0.5) is 0 Å². The molecule has 0 saturated heterocycles. The topological polar surface area (TPSA) is 75.6 Å². The molecule has 0 aromatic rings. The van der Waals surface area contributed by atoms with E-state index in [4.69, 9.17) is 5.11 Å². The lowest BCUT2D eigenvalue weighted by Gasteiger charge is -2.14. The van der Waals surface area contributed by atoms with Crippen LogP contribution in [-0.4, -0.2) is 36.7 Å². The molecule has 2 atom stereocenters. The van der Waals surface area contributed by atoms with Gasteiger partial charge in [0.2, 0.25) is 5.91 Å². The van der Waals surface area contributed by atoms with Crippen molar-refractivity contribution in [3.63, 3.8) is 0 Å². The first-order valence-corrected chi connectivity index (χ1v) is 5.06. The highest BCUT2D eigenvalue weighted by Gasteiger charge is 2.18. The smallest absolute Gasteiger partial charge is 0.334 e. The number of amides is 1. The van der Waals surface area contributed by atoms with Crippen molar-refractivity contribution in [2.24, 2.45) is 5.92 Å². The second kappa shape index (κ2) is 7.23. The average Bonchev–Trinajstić information content (AvgIpc) is 2.18. The van der Waals surface area contributed by atoms with Crippen LogP contribution in [0.3, 0.4) is 0 Å². The van der Waals surface area contributed by atoms with E-state index in [0.29, 0.717) is 0 Å².